The summed E-state index contributed by atoms with van der Waals surface area (Å²) in [6.45, 7) is 5.76. The van der Waals surface area contributed by atoms with Gasteiger partial charge in [0, 0.05) is 25.8 Å². The van der Waals surface area contributed by atoms with Gasteiger partial charge in [0.25, 0.3) is 0 Å². The van der Waals surface area contributed by atoms with Crippen LogP contribution in [0.25, 0.3) is 0 Å². The Morgan fingerprint density at radius 2 is 1.41 bits per heavy atom. The number of rotatable bonds is 17. The number of phenols is 1. The van der Waals surface area contributed by atoms with Gasteiger partial charge in [-0.25, -0.2) is 0 Å². The molecule has 3 rings (SSSR count). The molecular weight excluding hydrogens is 905 g/mol. The van der Waals surface area contributed by atoms with Crippen molar-refractivity contribution >= 4 is 70.9 Å². The van der Waals surface area contributed by atoms with Crippen LogP contribution in [0.15, 0.2) is 24.3 Å². The Bertz CT molecular complexity index is 2080. The normalized spacial score (nSPS) is 23.1. The highest BCUT2D eigenvalue weighted by Crippen LogP contribution is 2.21. The summed E-state index contributed by atoms with van der Waals surface area (Å²) in [5.41, 5.74) is 16.5. The first-order valence-electron chi connectivity index (χ1n) is 22.8. The number of nitrogens with zero attached hydrogens (tertiary/aromatic N) is 1. The Balaban J connectivity index is 2.06. The van der Waals surface area contributed by atoms with Gasteiger partial charge < -0.3 is 69.7 Å². The number of likely N-dealkylation sites (tertiary alicyclic amines) is 1. The molecule has 2 fully saturated rings. The third-order valence-corrected chi connectivity index (χ3v) is 11.5. The minimum Gasteiger partial charge on any atom is -0.508 e. The van der Waals surface area contributed by atoms with E-state index < -0.39 is 164 Å². The van der Waals surface area contributed by atoms with Gasteiger partial charge in [-0.05, 0) is 61.6 Å². The summed E-state index contributed by atoms with van der Waals surface area (Å²) >= 11 is 0. The summed E-state index contributed by atoms with van der Waals surface area (Å²) in [5.74, 6) is -11.5. The van der Waals surface area contributed by atoms with Crippen LogP contribution in [0.4, 0.5) is 0 Å². The van der Waals surface area contributed by atoms with Gasteiger partial charge in [-0.3, -0.25) is 57.5 Å². The fourth-order valence-electron chi connectivity index (χ4n) is 7.62. The summed E-state index contributed by atoms with van der Waals surface area (Å²) in [6, 6.07) is -4.37. The van der Waals surface area contributed by atoms with Crippen molar-refractivity contribution < 1.29 is 62.6 Å². The Kier molecular flexibility index (Phi) is 21.8. The number of hydrogen-bond acceptors (Lipinski definition) is 13. The first-order chi connectivity index (χ1) is 32.5. The molecule has 8 atom stereocenters. The Morgan fingerprint density at radius 1 is 0.768 bits per heavy atom. The molecule has 0 radical (unpaired) electrons. The number of nitrogens with one attached hydrogen (secondary N) is 8. The molecule has 0 spiro atoms. The van der Waals surface area contributed by atoms with E-state index in [2.05, 4.69) is 42.5 Å². The first kappa shape index (κ1) is 56.0. The Hall–Kier alpha value is -7.34. The number of hydrogen-bond donors (Lipinski definition) is 12. The van der Waals surface area contributed by atoms with Gasteiger partial charge in [-0.15, -0.1) is 0 Å². The van der Waals surface area contributed by atoms with Crippen LogP contribution < -0.4 is 59.7 Å². The largest absolute Gasteiger partial charge is 0.508 e. The second-order valence-corrected chi connectivity index (χ2v) is 17.6. The number of phenolic OH excluding ortho intramolecular Hbond substituents is 1. The van der Waals surface area contributed by atoms with E-state index >= 15 is 0 Å². The highest BCUT2D eigenvalue weighted by molar-refractivity contribution is 5.99. The van der Waals surface area contributed by atoms with Gasteiger partial charge in [0.2, 0.25) is 70.9 Å². The van der Waals surface area contributed by atoms with Gasteiger partial charge >= 0.3 is 0 Å². The molecular formula is C44H66N12O13. The van der Waals surface area contributed by atoms with Gasteiger partial charge in [-0.2, -0.15) is 0 Å². The second kappa shape index (κ2) is 26.9. The maximum absolute atomic E-state index is 14.4. The Labute approximate surface area is 398 Å². The molecule has 12 amide bonds. The van der Waals surface area contributed by atoms with Crippen molar-refractivity contribution in [2.75, 3.05) is 19.6 Å². The average molecular weight is 971 g/mol. The lowest BCUT2D eigenvalue weighted by atomic mass is 9.96. The molecule has 0 saturated carbocycles. The molecule has 380 valence electrons. The number of primary amides is 3. The van der Waals surface area contributed by atoms with Gasteiger partial charge in [0.05, 0.1) is 19.5 Å². The number of amides is 12. The zero-order chi connectivity index (χ0) is 51.5. The number of nitrogens with two attached hydrogens (primary N) is 3. The molecule has 0 unspecified atom stereocenters. The molecule has 25 heteroatoms. The molecule has 0 aliphatic carbocycles. The Morgan fingerprint density at radius 3 is 2.01 bits per heavy atom. The van der Waals surface area contributed by atoms with Crippen molar-refractivity contribution in [3.63, 3.8) is 0 Å². The molecule has 15 N–H and O–H groups in total. The third kappa shape index (κ3) is 18.3. The van der Waals surface area contributed by atoms with E-state index in [-0.39, 0.29) is 37.5 Å². The maximum atomic E-state index is 14.4. The standard InChI is InChI=1S/C44H66N12O13/c1-5-23(4)37-43(68)51-26(12-14-32(45)58)39(64)53-30(19-33(46)59)40(65)52-27(13-15-35(61)48-21-36(62)50-29(41(66)55-37)18-24-8-10-25(57)11-9-24)44(69)56-16-6-7-31(56)42(67)54-28(17-22(2)3)38(63)49-20-34(47)60/h8-11,22-23,26-31,37,57H,5-7,12-21H2,1-4H3,(H2,45,58)(H2,46,59)(H2,47,60)(H,48,61)(H,49,63)(H,50,62)(H,51,68)(H,52,65)(H,53,64)(H,54,67)(H,55,66)/t23-,26-,27-,28+,29-,30-,31-,37-/m0/s1. The predicted molar refractivity (Wildman–Crippen MR) is 244 cm³/mol. The van der Waals surface area contributed by atoms with Crippen molar-refractivity contribution in [1.29, 1.82) is 0 Å². The van der Waals surface area contributed by atoms with Crippen molar-refractivity contribution in [1.82, 2.24) is 47.4 Å². The zero-order valence-electron chi connectivity index (χ0n) is 39.2. The lowest BCUT2D eigenvalue weighted by molar-refractivity contribution is -0.143. The van der Waals surface area contributed by atoms with E-state index in [0.717, 1.165) is 4.90 Å². The fourth-order valence-corrected chi connectivity index (χ4v) is 7.62. The fraction of sp³-hybridized carbons (Fsp3) is 0.591. The number of carbonyl (C=O) groups excluding carboxylic acids is 12. The third-order valence-electron chi connectivity index (χ3n) is 11.5. The molecule has 1 aromatic rings. The summed E-state index contributed by atoms with van der Waals surface area (Å²) < 4.78 is 0. The van der Waals surface area contributed by atoms with Crippen LogP contribution in [0, 0.1) is 11.8 Å². The molecule has 2 saturated heterocycles. The van der Waals surface area contributed by atoms with Crippen LogP contribution in [0.1, 0.15) is 91.0 Å². The monoisotopic (exact) mass is 970 g/mol. The SMILES string of the molecule is CC[C@H](C)[C@@H]1NC(=O)[C@H](Cc2ccc(O)cc2)NC(=O)CNC(=O)CC[C@@H](C(=O)N2CCC[C@H]2C(=O)N[C@H](CC(C)C)C(=O)NCC(N)=O)NC(=O)[C@H](CC(N)=O)NC(=O)[C@H](CCC(N)=O)NC1=O. The quantitative estimate of drug-likeness (QED) is 0.0703. The predicted octanol–water partition coefficient (Wildman–Crippen LogP) is -4.42. The van der Waals surface area contributed by atoms with Crippen molar-refractivity contribution in [3.8, 4) is 5.75 Å². The minimum atomic E-state index is -1.82. The smallest absolute Gasteiger partial charge is 0.245 e. The van der Waals surface area contributed by atoms with E-state index in [0.29, 0.717) is 18.4 Å². The molecule has 69 heavy (non-hydrogen) atoms. The summed E-state index contributed by atoms with van der Waals surface area (Å²) in [6.07, 6.45) is -1.97. The van der Waals surface area contributed by atoms with Crippen molar-refractivity contribution in [2.24, 2.45) is 29.0 Å². The lowest BCUT2D eigenvalue weighted by Crippen LogP contribution is -2.61. The highest BCUT2D eigenvalue weighted by atomic mass is 16.3. The van der Waals surface area contributed by atoms with E-state index in [1.54, 1.807) is 27.7 Å². The molecule has 2 heterocycles. The molecule has 2 aliphatic heterocycles. The molecule has 0 aromatic heterocycles. The molecule has 0 bridgehead atoms. The average Bonchev–Trinajstić information content (AvgIpc) is 3.78. The number of carbonyl (C=O) groups is 12. The van der Waals surface area contributed by atoms with Gasteiger partial charge in [0.15, 0.2) is 0 Å². The van der Waals surface area contributed by atoms with Crippen molar-refractivity contribution in [2.45, 2.75) is 134 Å². The highest BCUT2D eigenvalue weighted by Gasteiger charge is 2.41. The van der Waals surface area contributed by atoms with Crippen LogP contribution in [-0.4, -0.2) is 143 Å². The van der Waals surface area contributed by atoms with Gasteiger partial charge in [-0.1, -0.05) is 46.2 Å². The van der Waals surface area contributed by atoms with Crippen LogP contribution in [0.3, 0.4) is 0 Å². The van der Waals surface area contributed by atoms with Crippen molar-refractivity contribution in [3.05, 3.63) is 29.8 Å². The van der Waals surface area contributed by atoms with Crippen LogP contribution in [0.2, 0.25) is 0 Å². The van der Waals surface area contributed by atoms with E-state index in [1.165, 1.54) is 24.3 Å². The van der Waals surface area contributed by atoms with Crippen LogP contribution >= 0.6 is 0 Å². The second-order valence-electron chi connectivity index (χ2n) is 17.6. The summed E-state index contributed by atoms with van der Waals surface area (Å²) in [7, 11) is 0. The van der Waals surface area contributed by atoms with E-state index in [9.17, 15) is 62.6 Å². The summed E-state index contributed by atoms with van der Waals surface area (Å²) in [5, 5.41) is 29.7. The zero-order valence-corrected chi connectivity index (χ0v) is 39.2. The van der Waals surface area contributed by atoms with E-state index in [1.807, 2.05) is 0 Å². The lowest BCUT2D eigenvalue weighted by Gasteiger charge is -2.31. The number of aromatic hydroxyl groups is 1. The first-order valence-corrected chi connectivity index (χ1v) is 22.8. The topological polar surface area (TPSA) is 403 Å². The molecule has 1 aromatic carbocycles. The van der Waals surface area contributed by atoms with Crippen LogP contribution in [0.5, 0.6) is 5.75 Å². The maximum Gasteiger partial charge on any atom is 0.245 e. The van der Waals surface area contributed by atoms with Crippen LogP contribution in [-0.2, 0) is 64.0 Å². The number of benzene rings is 1. The van der Waals surface area contributed by atoms with E-state index in [4.69, 9.17) is 17.2 Å². The molecule has 2 aliphatic rings. The summed E-state index contributed by atoms with van der Waals surface area (Å²) in [4.78, 5) is 161. The molecule has 25 nitrogen and oxygen atoms in total. The van der Waals surface area contributed by atoms with Gasteiger partial charge in [0.1, 0.15) is 48.0 Å². The minimum absolute atomic E-state index is 0.0163.